The highest BCUT2D eigenvalue weighted by Gasteiger charge is 2.31. The molecule has 10 heteroatoms. The Balaban J connectivity index is 1.56. The lowest BCUT2D eigenvalue weighted by Crippen LogP contribution is -2.33. The van der Waals surface area contributed by atoms with E-state index in [4.69, 9.17) is 11.6 Å². The van der Waals surface area contributed by atoms with Crippen molar-refractivity contribution in [2.75, 3.05) is 13.1 Å². The molecule has 0 fully saturated rings. The molecule has 0 aliphatic carbocycles. The minimum absolute atomic E-state index is 0.124. The fraction of sp³-hybridized carbons (Fsp3) is 0.267. The van der Waals surface area contributed by atoms with Gasteiger partial charge in [0.1, 0.15) is 11.4 Å². The van der Waals surface area contributed by atoms with Gasteiger partial charge in [-0.2, -0.15) is 5.10 Å². The van der Waals surface area contributed by atoms with E-state index in [1.54, 1.807) is 33.0 Å². The Morgan fingerprint density at radius 2 is 1.77 bits per heavy atom. The summed E-state index contributed by atoms with van der Waals surface area (Å²) in [5.74, 6) is -0.232. The summed E-state index contributed by atoms with van der Waals surface area (Å²) in [6, 6.07) is 19.0. The van der Waals surface area contributed by atoms with Gasteiger partial charge in [-0.3, -0.25) is 9.89 Å². The van der Waals surface area contributed by atoms with Gasteiger partial charge in [0.25, 0.3) is 5.91 Å². The lowest BCUT2D eigenvalue weighted by atomic mass is 10.0. The number of hydrogen-bond acceptors (Lipinski definition) is 5. The molecule has 2 aromatic heterocycles. The van der Waals surface area contributed by atoms with Gasteiger partial charge in [0.05, 0.1) is 9.65 Å². The van der Waals surface area contributed by atoms with E-state index in [0.717, 1.165) is 22.3 Å². The predicted octanol–water partition coefficient (Wildman–Crippen LogP) is 5.45. The molecule has 0 aliphatic heterocycles. The number of carbonyl (C=O) groups excluding carboxylic acids is 1. The van der Waals surface area contributed by atoms with Gasteiger partial charge in [0.2, 0.25) is 0 Å². The van der Waals surface area contributed by atoms with Gasteiger partial charge >= 0.3 is 0 Å². The third-order valence-corrected chi connectivity index (χ3v) is 9.39. The number of H-pyrrole nitrogens is 1. The number of sulfone groups is 1. The molecule has 0 spiro atoms. The van der Waals surface area contributed by atoms with Gasteiger partial charge in [0.15, 0.2) is 9.84 Å². The molecule has 0 bridgehead atoms. The lowest BCUT2D eigenvalue weighted by molar-refractivity contribution is 0.0941. The molecule has 40 heavy (non-hydrogen) atoms. The lowest BCUT2D eigenvalue weighted by Gasteiger charge is -2.21. The Bertz CT molecular complexity index is 1600. The largest absolute Gasteiger partial charge is 0.347 e. The van der Waals surface area contributed by atoms with Crippen LogP contribution in [0.5, 0.6) is 0 Å². The van der Waals surface area contributed by atoms with E-state index in [2.05, 4.69) is 27.4 Å². The molecule has 0 aliphatic rings. The second-order valence-electron chi connectivity index (χ2n) is 10.4. The molecular weight excluding hydrogens is 546 g/mol. The Morgan fingerprint density at radius 1 is 1.07 bits per heavy atom. The predicted molar refractivity (Wildman–Crippen MR) is 161 cm³/mol. The maximum Gasteiger partial charge on any atom is 0.268 e. The van der Waals surface area contributed by atoms with Crippen LogP contribution in [-0.2, 0) is 22.9 Å². The maximum absolute atomic E-state index is 13.3. The minimum atomic E-state index is -3.49. The number of aromatic nitrogens is 3. The van der Waals surface area contributed by atoms with Crippen molar-refractivity contribution in [2.24, 2.45) is 0 Å². The number of nitrogens with zero attached hydrogens (tertiary/aromatic N) is 2. The molecule has 2 aromatic carbocycles. The van der Waals surface area contributed by atoms with Gasteiger partial charge < -0.3 is 15.2 Å². The number of rotatable bonds is 11. The summed E-state index contributed by atoms with van der Waals surface area (Å²) in [5, 5.41) is 14.1. The molecule has 0 saturated carbocycles. The van der Waals surface area contributed by atoms with Gasteiger partial charge in [-0.15, -0.1) is 0 Å². The van der Waals surface area contributed by atoms with Crippen molar-refractivity contribution in [1.29, 1.82) is 0 Å². The van der Waals surface area contributed by atoms with Crippen LogP contribution < -0.4 is 10.6 Å². The minimum Gasteiger partial charge on any atom is -0.347 e. The van der Waals surface area contributed by atoms with Crippen molar-refractivity contribution in [2.45, 2.75) is 38.6 Å². The van der Waals surface area contributed by atoms with Crippen LogP contribution in [0.25, 0.3) is 22.4 Å². The number of hydrogen-bond donors (Lipinski definition) is 3. The van der Waals surface area contributed by atoms with E-state index in [-0.39, 0.29) is 17.4 Å². The van der Waals surface area contributed by atoms with Crippen LogP contribution in [0.2, 0.25) is 5.02 Å². The fourth-order valence-electron chi connectivity index (χ4n) is 4.23. The molecule has 4 rings (SSSR count). The number of benzene rings is 2. The van der Waals surface area contributed by atoms with E-state index >= 15 is 0 Å². The first-order valence-electron chi connectivity index (χ1n) is 12.9. The molecule has 0 radical (unpaired) electrons. The third-order valence-electron chi connectivity index (χ3n) is 6.54. The average Bonchev–Trinajstić information content (AvgIpc) is 3.57. The Labute approximate surface area is 240 Å². The second-order valence-corrected chi connectivity index (χ2v) is 13.7. The smallest absolute Gasteiger partial charge is 0.268 e. The number of carbonyl (C=O) groups is 1. The average molecular weight is 580 g/mol. The van der Waals surface area contributed by atoms with E-state index in [0.29, 0.717) is 36.0 Å². The quantitative estimate of drug-likeness (QED) is 0.205. The zero-order valence-corrected chi connectivity index (χ0v) is 24.4. The van der Waals surface area contributed by atoms with Crippen LogP contribution in [0.3, 0.4) is 0 Å². The monoisotopic (exact) mass is 579 g/mol. The first-order chi connectivity index (χ1) is 19.0. The molecule has 3 N–H and O–H groups in total. The van der Waals surface area contributed by atoms with Crippen molar-refractivity contribution in [3.05, 3.63) is 101 Å². The molecule has 0 unspecified atom stereocenters. The molecule has 1 amide bonds. The van der Waals surface area contributed by atoms with Crippen LogP contribution in [0.1, 0.15) is 36.8 Å². The summed E-state index contributed by atoms with van der Waals surface area (Å²) in [7, 11) is -3.49. The molecular formula is C30H34ClN5O3S. The van der Waals surface area contributed by atoms with E-state index < -0.39 is 14.6 Å². The van der Waals surface area contributed by atoms with E-state index in [1.807, 2.05) is 65.4 Å². The normalized spacial score (nSPS) is 11.9. The second kappa shape index (κ2) is 12.2. The Hall–Kier alpha value is -3.66. The molecule has 210 valence electrons. The number of aromatic amines is 1. The van der Waals surface area contributed by atoms with E-state index in [1.165, 1.54) is 0 Å². The van der Waals surface area contributed by atoms with Crippen LogP contribution in [0, 0.1) is 0 Å². The summed E-state index contributed by atoms with van der Waals surface area (Å²) < 4.78 is 26.2. The van der Waals surface area contributed by atoms with Crippen molar-refractivity contribution in [3.8, 4) is 22.4 Å². The van der Waals surface area contributed by atoms with Crippen LogP contribution in [0.15, 0.2) is 84.5 Å². The maximum atomic E-state index is 13.3. The number of nitrogens with one attached hydrogen (secondary N) is 3. The van der Waals surface area contributed by atoms with Gasteiger partial charge in [-0.25, -0.2) is 8.42 Å². The first-order valence-corrected chi connectivity index (χ1v) is 14.8. The van der Waals surface area contributed by atoms with E-state index in [9.17, 15) is 13.2 Å². The SMILES string of the molecule is C=C(CNCCn1cc(-c2n[nH]cc2-c2ccccc2Cl)cc1C(=O)NCc1ccccc1)S(=O)(=O)C(C)(C)C. The molecule has 0 saturated heterocycles. The molecule has 2 heterocycles. The van der Waals surface area contributed by atoms with Gasteiger partial charge in [-0.05, 0) is 38.5 Å². The van der Waals surface area contributed by atoms with Crippen molar-refractivity contribution in [1.82, 2.24) is 25.4 Å². The molecule has 0 atom stereocenters. The number of halogens is 1. The Kier molecular flexibility index (Phi) is 8.98. The zero-order valence-electron chi connectivity index (χ0n) is 22.9. The molecule has 8 nitrogen and oxygen atoms in total. The summed E-state index contributed by atoms with van der Waals surface area (Å²) in [4.78, 5) is 13.5. The Morgan fingerprint density at radius 3 is 2.48 bits per heavy atom. The van der Waals surface area contributed by atoms with Gasteiger partial charge in [-0.1, -0.05) is 66.7 Å². The summed E-state index contributed by atoms with van der Waals surface area (Å²) in [6.45, 7) is 10.1. The molecule has 4 aromatic rings. The van der Waals surface area contributed by atoms with Gasteiger partial charge in [0, 0.05) is 60.3 Å². The highest BCUT2D eigenvalue weighted by molar-refractivity contribution is 7.96. The van der Waals surface area contributed by atoms with Crippen LogP contribution in [0.4, 0.5) is 0 Å². The highest BCUT2D eigenvalue weighted by atomic mass is 35.5. The highest BCUT2D eigenvalue weighted by Crippen LogP contribution is 2.35. The summed E-state index contributed by atoms with van der Waals surface area (Å²) in [5.41, 5.74) is 4.52. The standard InChI is InChI=1S/C30H34ClN5O3S/c1-21(40(38,39)30(2,3)4)17-32-14-15-36-20-23(16-27(36)29(37)33-18-22-10-6-5-7-11-22)28-25(19-34-35-28)24-12-8-9-13-26(24)31/h5-13,16,19-20,32H,1,14-15,17-18H2,2-4H3,(H,33,37)(H,34,35). The van der Waals surface area contributed by atoms with Crippen molar-refractivity contribution < 1.29 is 13.2 Å². The topological polar surface area (TPSA) is 109 Å². The zero-order chi connectivity index (χ0) is 28.9. The van der Waals surface area contributed by atoms with Crippen LogP contribution in [-0.4, -0.2) is 46.9 Å². The number of amides is 1. The van der Waals surface area contributed by atoms with Crippen LogP contribution >= 0.6 is 11.6 Å². The van der Waals surface area contributed by atoms with Crippen molar-refractivity contribution >= 4 is 27.3 Å². The first kappa shape index (κ1) is 29.3. The summed E-state index contributed by atoms with van der Waals surface area (Å²) in [6.07, 6.45) is 3.65. The fourth-order valence-corrected chi connectivity index (χ4v) is 5.63. The third kappa shape index (κ3) is 6.55. The van der Waals surface area contributed by atoms with Crippen molar-refractivity contribution in [3.63, 3.8) is 0 Å². The summed E-state index contributed by atoms with van der Waals surface area (Å²) >= 11 is 6.46.